The molecule has 2 aliphatic rings. The quantitative estimate of drug-likeness (QED) is 0.689. The Morgan fingerprint density at radius 2 is 2.07 bits per heavy atom. The molecule has 0 N–H and O–H groups in total. The summed E-state index contributed by atoms with van der Waals surface area (Å²) in [6, 6.07) is 0. The fourth-order valence-electron chi connectivity index (χ4n) is 2.24. The third kappa shape index (κ3) is 1.98. The van der Waals surface area contributed by atoms with E-state index in [1.54, 1.807) is 0 Å². The number of carbonyl (C=O) groups is 1. The first-order chi connectivity index (χ1) is 6.81. The molecule has 0 aliphatic heterocycles. The second kappa shape index (κ2) is 4.41. The lowest BCUT2D eigenvalue weighted by molar-refractivity contribution is -0.172. The SMILES string of the molecule is CCOC1C(=O)CC1OC1CCCC1. The summed E-state index contributed by atoms with van der Waals surface area (Å²) >= 11 is 0. The molecule has 2 rings (SSSR count). The molecule has 0 amide bonds. The maximum Gasteiger partial charge on any atom is 0.166 e. The summed E-state index contributed by atoms with van der Waals surface area (Å²) in [5.41, 5.74) is 0. The van der Waals surface area contributed by atoms with E-state index in [-0.39, 0.29) is 18.0 Å². The van der Waals surface area contributed by atoms with Crippen LogP contribution in [0.2, 0.25) is 0 Å². The molecule has 0 aromatic heterocycles. The van der Waals surface area contributed by atoms with Gasteiger partial charge < -0.3 is 9.47 Å². The van der Waals surface area contributed by atoms with Gasteiger partial charge in [-0.15, -0.1) is 0 Å². The highest BCUT2D eigenvalue weighted by Crippen LogP contribution is 2.29. The number of carbonyl (C=O) groups excluding carboxylic acids is 1. The lowest BCUT2D eigenvalue weighted by Crippen LogP contribution is -2.51. The average Bonchev–Trinajstić information content (AvgIpc) is 2.66. The molecule has 2 saturated carbocycles. The highest BCUT2D eigenvalue weighted by atomic mass is 16.6. The summed E-state index contributed by atoms with van der Waals surface area (Å²) in [6.07, 6.45) is 5.57. The molecule has 0 aromatic rings. The van der Waals surface area contributed by atoms with Crippen molar-refractivity contribution in [2.24, 2.45) is 0 Å². The third-order valence-electron chi connectivity index (χ3n) is 3.07. The highest BCUT2D eigenvalue weighted by molar-refractivity contribution is 5.90. The van der Waals surface area contributed by atoms with E-state index in [4.69, 9.17) is 9.47 Å². The standard InChI is InChI=1S/C11H18O3/c1-2-13-11-9(12)7-10(11)14-8-5-3-4-6-8/h8,10-11H,2-7H2,1H3. The Kier molecular flexibility index (Phi) is 3.19. The van der Waals surface area contributed by atoms with Crippen molar-refractivity contribution in [1.82, 2.24) is 0 Å². The molecular formula is C11H18O3. The van der Waals surface area contributed by atoms with Crippen LogP contribution in [0.4, 0.5) is 0 Å². The Morgan fingerprint density at radius 1 is 1.36 bits per heavy atom. The molecule has 2 fully saturated rings. The fourth-order valence-corrected chi connectivity index (χ4v) is 2.24. The van der Waals surface area contributed by atoms with Gasteiger partial charge >= 0.3 is 0 Å². The van der Waals surface area contributed by atoms with E-state index in [0.717, 1.165) is 12.8 Å². The van der Waals surface area contributed by atoms with E-state index in [1.165, 1.54) is 12.8 Å². The molecule has 3 nitrogen and oxygen atoms in total. The maximum atomic E-state index is 11.2. The zero-order valence-corrected chi connectivity index (χ0v) is 8.70. The minimum Gasteiger partial charge on any atom is -0.371 e. The zero-order valence-electron chi connectivity index (χ0n) is 8.70. The molecule has 0 spiro atoms. The number of hydrogen-bond donors (Lipinski definition) is 0. The molecule has 14 heavy (non-hydrogen) atoms. The normalized spacial score (nSPS) is 33.4. The van der Waals surface area contributed by atoms with Crippen LogP contribution in [0.1, 0.15) is 39.0 Å². The number of Topliss-reactive ketones (excluding diaryl/α,β-unsaturated/α-hetero) is 1. The lowest BCUT2D eigenvalue weighted by Gasteiger charge is -2.36. The zero-order chi connectivity index (χ0) is 9.97. The number of hydrogen-bond acceptors (Lipinski definition) is 3. The Bertz CT molecular complexity index is 209. The van der Waals surface area contributed by atoms with Gasteiger partial charge in [0.1, 0.15) is 6.10 Å². The molecule has 0 radical (unpaired) electrons. The van der Waals surface area contributed by atoms with Gasteiger partial charge in [0.05, 0.1) is 12.2 Å². The average molecular weight is 198 g/mol. The fraction of sp³-hybridized carbons (Fsp3) is 0.909. The number of rotatable bonds is 4. The van der Waals surface area contributed by atoms with Gasteiger partial charge in [-0.25, -0.2) is 0 Å². The van der Waals surface area contributed by atoms with Crippen molar-refractivity contribution in [2.45, 2.75) is 57.3 Å². The van der Waals surface area contributed by atoms with E-state index in [0.29, 0.717) is 19.1 Å². The van der Waals surface area contributed by atoms with E-state index in [2.05, 4.69) is 0 Å². The van der Waals surface area contributed by atoms with Crippen LogP contribution in [-0.4, -0.2) is 30.7 Å². The molecular weight excluding hydrogens is 180 g/mol. The van der Waals surface area contributed by atoms with Crippen LogP contribution in [0.3, 0.4) is 0 Å². The second-order valence-corrected chi connectivity index (χ2v) is 4.13. The van der Waals surface area contributed by atoms with Crippen molar-refractivity contribution in [3.05, 3.63) is 0 Å². The highest BCUT2D eigenvalue weighted by Gasteiger charge is 2.42. The minimum atomic E-state index is -0.263. The predicted octanol–water partition coefficient (Wildman–Crippen LogP) is 1.69. The van der Waals surface area contributed by atoms with Gasteiger partial charge in [0.15, 0.2) is 5.78 Å². The van der Waals surface area contributed by atoms with Crippen LogP contribution >= 0.6 is 0 Å². The molecule has 0 heterocycles. The summed E-state index contributed by atoms with van der Waals surface area (Å²) in [5, 5.41) is 0. The van der Waals surface area contributed by atoms with Crippen molar-refractivity contribution in [2.75, 3.05) is 6.61 Å². The molecule has 3 heteroatoms. The Labute approximate surface area is 84.8 Å². The summed E-state index contributed by atoms with van der Waals surface area (Å²) in [4.78, 5) is 11.2. The molecule has 0 saturated heterocycles. The summed E-state index contributed by atoms with van der Waals surface area (Å²) < 4.78 is 11.2. The van der Waals surface area contributed by atoms with Crippen LogP contribution in [0.25, 0.3) is 0 Å². The summed E-state index contributed by atoms with van der Waals surface area (Å²) in [5.74, 6) is 0.204. The van der Waals surface area contributed by atoms with Crippen molar-refractivity contribution < 1.29 is 14.3 Å². The largest absolute Gasteiger partial charge is 0.371 e. The van der Waals surface area contributed by atoms with Gasteiger partial charge in [0.2, 0.25) is 0 Å². The predicted molar refractivity (Wildman–Crippen MR) is 52.2 cm³/mol. The number of ether oxygens (including phenoxy) is 2. The van der Waals surface area contributed by atoms with Crippen molar-refractivity contribution in [3.8, 4) is 0 Å². The molecule has 0 bridgehead atoms. The third-order valence-corrected chi connectivity index (χ3v) is 3.07. The first-order valence-electron chi connectivity index (χ1n) is 5.61. The molecule has 2 unspecified atom stereocenters. The minimum absolute atomic E-state index is 0.0468. The molecule has 80 valence electrons. The number of ketones is 1. The Morgan fingerprint density at radius 3 is 2.64 bits per heavy atom. The van der Waals surface area contributed by atoms with Crippen molar-refractivity contribution in [1.29, 1.82) is 0 Å². The van der Waals surface area contributed by atoms with Crippen LogP contribution in [0.5, 0.6) is 0 Å². The van der Waals surface area contributed by atoms with Gasteiger partial charge in [-0.3, -0.25) is 4.79 Å². The molecule has 0 aromatic carbocycles. The van der Waals surface area contributed by atoms with E-state index >= 15 is 0 Å². The maximum absolute atomic E-state index is 11.2. The van der Waals surface area contributed by atoms with E-state index in [1.807, 2.05) is 6.92 Å². The van der Waals surface area contributed by atoms with Crippen LogP contribution < -0.4 is 0 Å². The first kappa shape index (κ1) is 10.1. The van der Waals surface area contributed by atoms with Crippen molar-refractivity contribution in [3.63, 3.8) is 0 Å². The van der Waals surface area contributed by atoms with Gasteiger partial charge in [0, 0.05) is 13.0 Å². The van der Waals surface area contributed by atoms with Crippen LogP contribution in [-0.2, 0) is 14.3 Å². The second-order valence-electron chi connectivity index (χ2n) is 4.13. The first-order valence-corrected chi connectivity index (χ1v) is 5.61. The van der Waals surface area contributed by atoms with Crippen LogP contribution in [0, 0.1) is 0 Å². The van der Waals surface area contributed by atoms with Crippen molar-refractivity contribution >= 4 is 5.78 Å². The summed E-state index contributed by atoms with van der Waals surface area (Å²) in [7, 11) is 0. The van der Waals surface area contributed by atoms with E-state index in [9.17, 15) is 4.79 Å². The summed E-state index contributed by atoms with van der Waals surface area (Å²) in [6.45, 7) is 2.51. The Hall–Kier alpha value is -0.410. The smallest absolute Gasteiger partial charge is 0.166 e. The van der Waals surface area contributed by atoms with Gasteiger partial charge in [0.25, 0.3) is 0 Å². The van der Waals surface area contributed by atoms with Gasteiger partial charge in [-0.05, 0) is 19.8 Å². The van der Waals surface area contributed by atoms with E-state index < -0.39 is 0 Å². The lowest BCUT2D eigenvalue weighted by atomic mass is 9.89. The topological polar surface area (TPSA) is 35.5 Å². The van der Waals surface area contributed by atoms with Gasteiger partial charge in [-0.1, -0.05) is 12.8 Å². The molecule has 2 aliphatic carbocycles. The molecule has 2 atom stereocenters. The monoisotopic (exact) mass is 198 g/mol. The Balaban J connectivity index is 1.77. The van der Waals surface area contributed by atoms with Crippen LogP contribution in [0.15, 0.2) is 0 Å². The van der Waals surface area contributed by atoms with Gasteiger partial charge in [-0.2, -0.15) is 0 Å².